The molecule has 0 fully saturated rings. The molecular weight excluding hydrogens is 311 g/mol. The Morgan fingerprint density at radius 2 is 1.96 bits per heavy atom. The Labute approximate surface area is 137 Å². The maximum absolute atomic E-state index is 13.8. The monoisotopic (exact) mass is 326 g/mol. The first-order valence-electron chi connectivity index (χ1n) is 7.31. The Kier molecular flexibility index (Phi) is 4.04. The van der Waals surface area contributed by atoms with Gasteiger partial charge in [0.15, 0.2) is 0 Å². The molecular formula is C18H15FN2O3. The quantitative estimate of drug-likeness (QED) is 0.773. The number of carboxylic acid groups (broad SMARTS) is 1. The van der Waals surface area contributed by atoms with Gasteiger partial charge in [-0.25, -0.2) is 9.18 Å². The summed E-state index contributed by atoms with van der Waals surface area (Å²) in [6.07, 6.45) is 1.92. The fourth-order valence-corrected chi connectivity index (χ4v) is 2.69. The number of nitrogens with zero attached hydrogens (tertiary/aromatic N) is 1. The van der Waals surface area contributed by atoms with Crippen molar-refractivity contribution in [2.75, 3.05) is 5.32 Å². The minimum Gasteiger partial charge on any atom is -0.478 e. The second kappa shape index (κ2) is 6.16. The Morgan fingerprint density at radius 1 is 1.21 bits per heavy atom. The lowest BCUT2D eigenvalue weighted by Crippen LogP contribution is -2.15. The second-order valence-electron chi connectivity index (χ2n) is 5.51. The normalized spacial score (nSPS) is 10.8. The van der Waals surface area contributed by atoms with E-state index < -0.39 is 17.7 Å². The third-order valence-corrected chi connectivity index (χ3v) is 3.82. The summed E-state index contributed by atoms with van der Waals surface area (Å²) in [6.45, 7) is 0. The van der Waals surface area contributed by atoms with Gasteiger partial charge in [0.25, 0.3) is 0 Å². The molecule has 0 radical (unpaired) electrons. The summed E-state index contributed by atoms with van der Waals surface area (Å²) < 4.78 is 15.7. The molecule has 6 heteroatoms. The number of halogens is 1. The van der Waals surface area contributed by atoms with Crippen molar-refractivity contribution in [2.45, 2.75) is 6.42 Å². The molecule has 0 saturated carbocycles. The summed E-state index contributed by atoms with van der Waals surface area (Å²) in [5, 5.41) is 12.3. The maximum Gasteiger partial charge on any atom is 0.335 e. The van der Waals surface area contributed by atoms with Gasteiger partial charge < -0.3 is 15.0 Å². The summed E-state index contributed by atoms with van der Waals surface area (Å²) >= 11 is 0. The fourth-order valence-electron chi connectivity index (χ4n) is 2.69. The molecule has 0 aliphatic carbocycles. The SMILES string of the molecule is Cn1cc(CC(=O)Nc2cc(C(=O)O)ccc2F)c2ccccc21. The number of fused-ring (bicyclic) bond motifs is 1. The van der Waals surface area contributed by atoms with Gasteiger partial charge in [-0.3, -0.25) is 4.79 Å². The van der Waals surface area contributed by atoms with Crippen LogP contribution in [0, 0.1) is 5.82 Å². The van der Waals surface area contributed by atoms with Gasteiger partial charge in [0.1, 0.15) is 5.82 Å². The molecule has 1 heterocycles. The van der Waals surface area contributed by atoms with Gasteiger partial charge in [-0.05, 0) is 29.8 Å². The molecule has 3 aromatic rings. The Balaban J connectivity index is 1.83. The average molecular weight is 326 g/mol. The predicted octanol–water partition coefficient (Wildman–Crippen LogP) is 3.20. The molecule has 24 heavy (non-hydrogen) atoms. The average Bonchev–Trinajstić information content (AvgIpc) is 2.86. The van der Waals surface area contributed by atoms with Crippen LogP contribution in [0.5, 0.6) is 0 Å². The van der Waals surface area contributed by atoms with Gasteiger partial charge in [-0.2, -0.15) is 0 Å². The standard InChI is InChI=1S/C18H15FN2O3/c1-21-10-12(13-4-2-3-5-16(13)21)9-17(22)20-15-8-11(18(23)24)6-7-14(15)19/h2-8,10H,9H2,1H3,(H,20,22)(H,23,24). The van der Waals surface area contributed by atoms with Crippen molar-refractivity contribution in [3.63, 3.8) is 0 Å². The Morgan fingerprint density at radius 3 is 2.71 bits per heavy atom. The number of benzene rings is 2. The zero-order valence-corrected chi connectivity index (χ0v) is 12.9. The molecule has 0 unspecified atom stereocenters. The molecule has 0 aliphatic rings. The molecule has 0 bridgehead atoms. The highest BCUT2D eigenvalue weighted by Crippen LogP contribution is 2.22. The van der Waals surface area contributed by atoms with Crippen molar-refractivity contribution in [3.05, 3.63) is 65.6 Å². The molecule has 3 rings (SSSR count). The number of carboxylic acids is 1. The topological polar surface area (TPSA) is 71.3 Å². The van der Waals surface area contributed by atoms with Crippen LogP contribution in [0.4, 0.5) is 10.1 Å². The highest BCUT2D eigenvalue weighted by atomic mass is 19.1. The minimum absolute atomic E-state index is 0.0676. The van der Waals surface area contributed by atoms with E-state index in [1.807, 2.05) is 42.1 Å². The van der Waals surface area contributed by atoms with Crippen LogP contribution in [0.2, 0.25) is 0 Å². The van der Waals surface area contributed by atoms with Gasteiger partial charge in [0.05, 0.1) is 17.7 Å². The van der Waals surface area contributed by atoms with E-state index in [1.165, 1.54) is 0 Å². The van der Waals surface area contributed by atoms with Gasteiger partial charge in [-0.1, -0.05) is 18.2 Å². The van der Waals surface area contributed by atoms with Crippen molar-refractivity contribution >= 4 is 28.5 Å². The van der Waals surface area contributed by atoms with Crippen molar-refractivity contribution in [1.82, 2.24) is 4.57 Å². The second-order valence-corrected chi connectivity index (χ2v) is 5.51. The van der Waals surface area contributed by atoms with Crippen LogP contribution >= 0.6 is 0 Å². The maximum atomic E-state index is 13.8. The number of carbonyl (C=O) groups excluding carboxylic acids is 1. The number of aryl methyl sites for hydroxylation is 1. The van der Waals surface area contributed by atoms with Gasteiger partial charge in [-0.15, -0.1) is 0 Å². The van der Waals surface area contributed by atoms with E-state index in [9.17, 15) is 14.0 Å². The first-order chi connectivity index (χ1) is 11.5. The molecule has 5 nitrogen and oxygen atoms in total. The number of para-hydroxylation sites is 1. The third-order valence-electron chi connectivity index (χ3n) is 3.82. The van der Waals surface area contributed by atoms with Crippen LogP contribution in [0.3, 0.4) is 0 Å². The van der Waals surface area contributed by atoms with Crippen molar-refractivity contribution < 1.29 is 19.1 Å². The summed E-state index contributed by atoms with van der Waals surface area (Å²) in [7, 11) is 1.89. The number of hydrogen-bond acceptors (Lipinski definition) is 2. The minimum atomic E-state index is -1.18. The van der Waals surface area contributed by atoms with E-state index in [4.69, 9.17) is 5.11 Å². The van der Waals surface area contributed by atoms with Crippen molar-refractivity contribution in [3.8, 4) is 0 Å². The Hall–Kier alpha value is -3.15. The smallest absolute Gasteiger partial charge is 0.335 e. The van der Waals surface area contributed by atoms with E-state index in [-0.39, 0.29) is 17.7 Å². The van der Waals surface area contributed by atoms with E-state index in [2.05, 4.69) is 5.32 Å². The lowest BCUT2D eigenvalue weighted by molar-refractivity contribution is -0.115. The lowest BCUT2D eigenvalue weighted by Gasteiger charge is -2.07. The third kappa shape index (κ3) is 2.99. The summed E-state index contributed by atoms with van der Waals surface area (Å²) in [5.74, 6) is -2.27. The molecule has 0 spiro atoms. The number of aromatic nitrogens is 1. The van der Waals surface area contributed by atoms with Crippen LogP contribution in [0.1, 0.15) is 15.9 Å². The number of aromatic carboxylic acids is 1. The number of nitrogens with one attached hydrogen (secondary N) is 1. The zero-order chi connectivity index (χ0) is 17.3. The lowest BCUT2D eigenvalue weighted by atomic mass is 10.1. The van der Waals surface area contributed by atoms with Gasteiger partial charge in [0, 0.05) is 24.1 Å². The fraction of sp³-hybridized carbons (Fsp3) is 0.111. The highest BCUT2D eigenvalue weighted by Gasteiger charge is 2.14. The van der Waals surface area contributed by atoms with Gasteiger partial charge >= 0.3 is 5.97 Å². The van der Waals surface area contributed by atoms with Crippen LogP contribution in [-0.2, 0) is 18.3 Å². The van der Waals surface area contributed by atoms with E-state index in [0.717, 1.165) is 34.7 Å². The number of hydrogen-bond donors (Lipinski definition) is 2. The number of anilines is 1. The van der Waals surface area contributed by atoms with Crippen molar-refractivity contribution in [2.24, 2.45) is 7.05 Å². The van der Waals surface area contributed by atoms with E-state index >= 15 is 0 Å². The number of amides is 1. The summed E-state index contributed by atoms with van der Waals surface area (Å²) in [6, 6.07) is 11.0. The molecule has 0 saturated heterocycles. The number of rotatable bonds is 4. The molecule has 1 amide bonds. The van der Waals surface area contributed by atoms with E-state index in [0.29, 0.717) is 0 Å². The predicted molar refractivity (Wildman–Crippen MR) is 88.6 cm³/mol. The van der Waals surface area contributed by atoms with Crippen LogP contribution < -0.4 is 5.32 Å². The molecule has 2 aromatic carbocycles. The molecule has 122 valence electrons. The molecule has 0 atom stereocenters. The first kappa shape index (κ1) is 15.7. The first-order valence-corrected chi connectivity index (χ1v) is 7.31. The van der Waals surface area contributed by atoms with Crippen molar-refractivity contribution in [1.29, 1.82) is 0 Å². The largest absolute Gasteiger partial charge is 0.478 e. The Bertz CT molecular complexity index is 947. The number of carbonyl (C=O) groups is 2. The zero-order valence-electron chi connectivity index (χ0n) is 12.9. The highest BCUT2D eigenvalue weighted by molar-refractivity contribution is 5.97. The van der Waals surface area contributed by atoms with Crippen LogP contribution in [0.15, 0.2) is 48.7 Å². The molecule has 2 N–H and O–H groups in total. The van der Waals surface area contributed by atoms with Crippen LogP contribution in [0.25, 0.3) is 10.9 Å². The van der Waals surface area contributed by atoms with Crippen LogP contribution in [-0.4, -0.2) is 21.6 Å². The summed E-state index contributed by atoms with van der Waals surface area (Å²) in [5.41, 5.74) is 1.59. The van der Waals surface area contributed by atoms with E-state index in [1.54, 1.807) is 0 Å². The molecule has 0 aliphatic heterocycles. The summed E-state index contributed by atoms with van der Waals surface area (Å²) in [4.78, 5) is 23.2. The van der Waals surface area contributed by atoms with Gasteiger partial charge in [0.2, 0.25) is 5.91 Å². The molecule has 1 aromatic heterocycles.